The molecular weight excluding hydrogens is 362 g/mol. The van der Waals surface area contributed by atoms with E-state index < -0.39 is 21.2 Å². The molecule has 4 N–H and O–H groups in total. The summed E-state index contributed by atoms with van der Waals surface area (Å²) >= 11 is 0. The minimum Gasteiger partial charge on any atom is -0.410 e. The highest BCUT2D eigenvalue weighted by atomic mass is 32.2. The average molecular weight is 385 g/mol. The second kappa shape index (κ2) is 7.83. The smallest absolute Gasteiger partial charge is 0.309 e. The molecule has 1 aromatic rings. The van der Waals surface area contributed by atoms with Gasteiger partial charge in [0, 0.05) is 19.6 Å². The first-order valence-corrected chi connectivity index (χ1v) is 9.48. The van der Waals surface area contributed by atoms with Crippen LogP contribution in [-0.2, 0) is 10.0 Å². The molecule has 0 aliphatic carbocycles. The van der Waals surface area contributed by atoms with Crippen LogP contribution in [-0.4, -0.2) is 67.0 Å². The topological polar surface area (TPSA) is 156 Å². The quantitative estimate of drug-likeness (QED) is 0.511. The first-order chi connectivity index (χ1) is 12.2. The zero-order valence-corrected chi connectivity index (χ0v) is 15.7. The van der Waals surface area contributed by atoms with Crippen LogP contribution in [0.25, 0.3) is 5.70 Å². The van der Waals surface area contributed by atoms with Gasteiger partial charge in [-0.25, -0.2) is 8.42 Å². The van der Waals surface area contributed by atoms with Crippen molar-refractivity contribution in [3.05, 3.63) is 17.6 Å². The summed E-state index contributed by atoms with van der Waals surface area (Å²) in [7, 11) is -2.39. The lowest BCUT2D eigenvalue weighted by Gasteiger charge is -2.22. The molecule has 0 saturated carbocycles. The SMILES string of the molecule is C=N/C(=C(/N)N(C)S(=O)(=O)C(C)C)c1nnc(C(=O)NC2CCNC2)o1. The second-order valence-corrected chi connectivity index (χ2v) is 8.55. The van der Waals surface area contributed by atoms with Gasteiger partial charge in [0.2, 0.25) is 10.0 Å². The Labute approximate surface area is 151 Å². The molecular formula is C14H23N7O4S. The molecule has 1 fully saturated rings. The molecule has 12 heteroatoms. The summed E-state index contributed by atoms with van der Waals surface area (Å²) in [4.78, 5) is 15.8. The first kappa shape index (κ1) is 19.8. The Kier molecular flexibility index (Phi) is 5.97. The molecule has 0 spiro atoms. The fourth-order valence-corrected chi connectivity index (χ4v) is 3.29. The monoisotopic (exact) mass is 385 g/mol. The maximum atomic E-state index is 12.2. The number of carbonyl (C=O) groups excluding carboxylic acids is 1. The zero-order chi connectivity index (χ0) is 19.5. The van der Waals surface area contributed by atoms with E-state index in [4.69, 9.17) is 10.2 Å². The van der Waals surface area contributed by atoms with Gasteiger partial charge >= 0.3 is 11.8 Å². The van der Waals surface area contributed by atoms with Gasteiger partial charge in [-0.2, -0.15) is 0 Å². The number of aromatic nitrogens is 2. The number of sulfonamides is 1. The van der Waals surface area contributed by atoms with Gasteiger partial charge in [-0.05, 0) is 33.5 Å². The molecule has 1 saturated heterocycles. The maximum Gasteiger partial charge on any atom is 0.309 e. The van der Waals surface area contributed by atoms with E-state index in [1.807, 2.05) is 0 Å². The van der Waals surface area contributed by atoms with Crippen LogP contribution in [0.3, 0.4) is 0 Å². The van der Waals surface area contributed by atoms with Crippen LogP contribution in [0.1, 0.15) is 36.8 Å². The number of aliphatic imine (C=N–C) groups is 1. The average Bonchev–Trinajstić information content (AvgIpc) is 3.26. The van der Waals surface area contributed by atoms with Gasteiger partial charge in [-0.15, -0.1) is 10.2 Å². The van der Waals surface area contributed by atoms with Crippen LogP contribution in [0, 0.1) is 0 Å². The number of nitrogens with two attached hydrogens (primary N) is 1. The van der Waals surface area contributed by atoms with E-state index in [1.165, 1.54) is 20.9 Å². The zero-order valence-electron chi connectivity index (χ0n) is 14.9. The van der Waals surface area contributed by atoms with Crippen molar-refractivity contribution in [2.24, 2.45) is 10.7 Å². The molecule has 2 heterocycles. The second-order valence-electron chi connectivity index (χ2n) is 6.03. The molecule has 26 heavy (non-hydrogen) atoms. The fourth-order valence-electron chi connectivity index (χ4n) is 2.30. The largest absolute Gasteiger partial charge is 0.410 e. The van der Waals surface area contributed by atoms with Gasteiger partial charge in [0.15, 0.2) is 5.70 Å². The van der Waals surface area contributed by atoms with E-state index in [2.05, 4.69) is 32.5 Å². The molecule has 0 radical (unpaired) electrons. The summed E-state index contributed by atoms with van der Waals surface area (Å²) < 4.78 is 30.7. The number of hydrogen-bond donors (Lipinski definition) is 3. The Morgan fingerprint density at radius 3 is 2.65 bits per heavy atom. The molecule has 1 aliphatic heterocycles. The van der Waals surface area contributed by atoms with Crippen LogP contribution >= 0.6 is 0 Å². The number of hydrogen-bond acceptors (Lipinski definition) is 9. The van der Waals surface area contributed by atoms with Crippen molar-refractivity contribution in [2.45, 2.75) is 31.6 Å². The van der Waals surface area contributed by atoms with E-state index in [1.54, 1.807) is 0 Å². The number of nitrogens with zero attached hydrogens (tertiary/aromatic N) is 4. The van der Waals surface area contributed by atoms with Crippen molar-refractivity contribution >= 4 is 28.3 Å². The highest BCUT2D eigenvalue weighted by molar-refractivity contribution is 7.89. The Hall–Kier alpha value is -2.47. The van der Waals surface area contributed by atoms with Gasteiger partial charge in [0.1, 0.15) is 5.82 Å². The van der Waals surface area contributed by atoms with Gasteiger partial charge in [-0.3, -0.25) is 14.1 Å². The van der Waals surface area contributed by atoms with E-state index in [9.17, 15) is 13.2 Å². The molecule has 1 amide bonds. The highest BCUT2D eigenvalue weighted by Crippen LogP contribution is 2.21. The number of carbonyl (C=O) groups is 1. The number of rotatable bonds is 7. The van der Waals surface area contributed by atoms with Crippen LogP contribution in [0.2, 0.25) is 0 Å². The summed E-state index contributed by atoms with van der Waals surface area (Å²) in [6, 6.07) is -0.0159. The van der Waals surface area contributed by atoms with Crippen molar-refractivity contribution in [1.29, 1.82) is 0 Å². The van der Waals surface area contributed by atoms with E-state index >= 15 is 0 Å². The summed E-state index contributed by atoms with van der Waals surface area (Å²) in [5.74, 6) is -1.22. The summed E-state index contributed by atoms with van der Waals surface area (Å²) in [5.41, 5.74) is 5.78. The van der Waals surface area contributed by atoms with Crippen LogP contribution in [0.15, 0.2) is 15.2 Å². The lowest BCUT2D eigenvalue weighted by Crippen LogP contribution is -2.36. The molecule has 2 rings (SSSR count). The Bertz CT molecular complexity index is 809. The third-order valence-corrected chi connectivity index (χ3v) is 6.09. The molecule has 1 aliphatic rings. The summed E-state index contributed by atoms with van der Waals surface area (Å²) in [6.45, 7) is 7.88. The predicted octanol–water partition coefficient (Wildman–Crippen LogP) is -0.883. The minimum absolute atomic E-state index is 0.0159. The van der Waals surface area contributed by atoms with Gasteiger partial charge in [-0.1, -0.05) is 0 Å². The standard InChI is InChI=1S/C14H23N7O4S/c1-8(2)26(23,24)21(4)11(15)10(16-3)13-19-20-14(25-13)12(22)18-9-5-6-17-7-9/h8-9,17H,3,5-7,15H2,1-2,4H3,(H,18,22)/b11-10-. The van der Waals surface area contributed by atoms with E-state index in [0.717, 1.165) is 17.3 Å². The molecule has 1 unspecified atom stereocenters. The molecule has 11 nitrogen and oxygen atoms in total. The van der Waals surface area contributed by atoms with E-state index in [-0.39, 0.29) is 29.3 Å². The van der Waals surface area contributed by atoms with Crippen molar-refractivity contribution in [3.63, 3.8) is 0 Å². The van der Waals surface area contributed by atoms with Crippen LogP contribution in [0.5, 0.6) is 0 Å². The fraction of sp³-hybridized carbons (Fsp3) is 0.571. The Morgan fingerprint density at radius 1 is 1.46 bits per heavy atom. The van der Waals surface area contributed by atoms with Gasteiger partial charge in [0.05, 0.1) is 5.25 Å². The number of nitrogens with one attached hydrogen (secondary N) is 2. The third kappa shape index (κ3) is 4.02. The van der Waals surface area contributed by atoms with Crippen molar-refractivity contribution in [2.75, 3.05) is 20.1 Å². The third-order valence-electron chi connectivity index (χ3n) is 3.93. The molecule has 1 aromatic heterocycles. The van der Waals surface area contributed by atoms with Crippen molar-refractivity contribution in [1.82, 2.24) is 25.1 Å². The molecule has 0 bridgehead atoms. The van der Waals surface area contributed by atoms with Crippen molar-refractivity contribution < 1.29 is 17.6 Å². The predicted molar refractivity (Wildman–Crippen MR) is 95.5 cm³/mol. The highest BCUT2D eigenvalue weighted by Gasteiger charge is 2.28. The summed E-state index contributed by atoms with van der Waals surface area (Å²) in [6.07, 6.45) is 0.802. The summed E-state index contributed by atoms with van der Waals surface area (Å²) in [5, 5.41) is 12.6. The number of amides is 1. The molecule has 0 aromatic carbocycles. The maximum absolute atomic E-state index is 12.2. The Morgan fingerprint density at radius 2 is 2.12 bits per heavy atom. The molecule has 1 atom stereocenters. The first-order valence-electron chi connectivity index (χ1n) is 7.98. The molecule has 144 valence electrons. The lowest BCUT2D eigenvalue weighted by molar-refractivity contribution is 0.0904. The van der Waals surface area contributed by atoms with Gasteiger partial charge < -0.3 is 20.8 Å². The minimum atomic E-state index is -3.68. The van der Waals surface area contributed by atoms with Gasteiger partial charge in [0.25, 0.3) is 5.89 Å². The van der Waals surface area contributed by atoms with E-state index in [0.29, 0.717) is 6.54 Å². The Balaban J connectivity index is 2.26. The lowest BCUT2D eigenvalue weighted by atomic mass is 10.2. The van der Waals surface area contributed by atoms with Crippen LogP contribution < -0.4 is 16.4 Å². The van der Waals surface area contributed by atoms with Crippen LogP contribution in [0.4, 0.5) is 0 Å². The normalized spacial score (nSPS) is 18.5. The van der Waals surface area contributed by atoms with Crippen molar-refractivity contribution in [3.8, 4) is 0 Å².